The molecule has 80 valence electrons. The van der Waals surface area contributed by atoms with E-state index < -0.39 is 0 Å². The normalized spacial score (nSPS) is 27.6. The number of nitrogens with one attached hydrogen (secondary N) is 2. The van der Waals surface area contributed by atoms with Gasteiger partial charge in [0.1, 0.15) is 0 Å². The quantitative estimate of drug-likeness (QED) is 0.714. The number of piperidine rings is 1. The van der Waals surface area contributed by atoms with Gasteiger partial charge in [0.2, 0.25) is 0 Å². The fourth-order valence-corrected chi connectivity index (χ4v) is 1.86. The molecule has 0 unspecified atom stereocenters. The second kappa shape index (κ2) is 5.56. The maximum absolute atomic E-state index is 3.57. The molecule has 1 fully saturated rings. The van der Waals surface area contributed by atoms with E-state index in [4.69, 9.17) is 0 Å². The summed E-state index contributed by atoms with van der Waals surface area (Å²) in [6.07, 6.45) is 17.0. The van der Waals surface area contributed by atoms with E-state index in [1.165, 1.54) is 18.5 Å². The lowest BCUT2D eigenvalue weighted by Crippen LogP contribution is -2.39. The van der Waals surface area contributed by atoms with Crippen LogP contribution in [0.2, 0.25) is 0 Å². The van der Waals surface area contributed by atoms with Crippen LogP contribution >= 0.6 is 0 Å². The number of rotatable bonds is 2. The minimum absolute atomic E-state index is 0.624. The van der Waals surface area contributed by atoms with Crippen LogP contribution in [0.3, 0.4) is 0 Å². The van der Waals surface area contributed by atoms with E-state index in [0.717, 1.165) is 13.1 Å². The lowest BCUT2D eigenvalue weighted by molar-refractivity contribution is 0.414. The van der Waals surface area contributed by atoms with Crippen LogP contribution in [-0.4, -0.2) is 19.1 Å². The average molecular weight is 202 g/mol. The monoisotopic (exact) mass is 202 g/mol. The van der Waals surface area contributed by atoms with Crippen molar-refractivity contribution in [2.75, 3.05) is 13.1 Å². The van der Waals surface area contributed by atoms with E-state index in [-0.39, 0.29) is 0 Å². The van der Waals surface area contributed by atoms with Crippen molar-refractivity contribution in [3.63, 3.8) is 0 Å². The third-order valence-electron chi connectivity index (χ3n) is 2.71. The Labute approximate surface area is 91.4 Å². The van der Waals surface area contributed by atoms with Gasteiger partial charge >= 0.3 is 0 Å². The second-order valence-electron chi connectivity index (χ2n) is 3.92. The fraction of sp³-hybridized carbons (Fsp3) is 0.385. The highest BCUT2D eigenvalue weighted by molar-refractivity contribution is 5.30. The summed E-state index contributed by atoms with van der Waals surface area (Å²) in [4.78, 5) is 0. The zero-order valence-corrected chi connectivity index (χ0v) is 8.95. The molecule has 1 aliphatic heterocycles. The van der Waals surface area contributed by atoms with Crippen LogP contribution in [0.15, 0.2) is 48.2 Å². The van der Waals surface area contributed by atoms with Gasteiger partial charge in [0.05, 0.1) is 0 Å². The third-order valence-corrected chi connectivity index (χ3v) is 2.71. The minimum Gasteiger partial charge on any atom is -0.382 e. The molecule has 1 saturated heterocycles. The molecular weight excluding hydrogens is 184 g/mol. The minimum atomic E-state index is 0.624. The second-order valence-corrected chi connectivity index (χ2v) is 3.92. The highest BCUT2D eigenvalue weighted by atomic mass is 15.0. The van der Waals surface area contributed by atoms with Crippen molar-refractivity contribution < 1.29 is 0 Å². The molecule has 2 N–H and O–H groups in total. The summed E-state index contributed by atoms with van der Waals surface area (Å²) in [6, 6.07) is 0.624. The summed E-state index contributed by atoms with van der Waals surface area (Å²) in [7, 11) is 0. The van der Waals surface area contributed by atoms with E-state index in [2.05, 4.69) is 34.9 Å². The van der Waals surface area contributed by atoms with Gasteiger partial charge in [-0.2, -0.15) is 0 Å². The number of hydrogen-bond acceptors (Lipinski definition) is 2. The summed E-state index contributed by atoms with van der Waals surface area (Å²) < 4.78 is 0. The largest absolute Gasteiger partial charge is 0.382 e. The molecule has 0 saturated carbocycles. The van der Waals surface area contributed by atoms with E-state index in [0.29, 0.717) is 6.04 Å². The van der Waals surface area contributed by atoms with Gasteiger partial charge in [-0.1, -0.05) is 30.4 Å². The Morgan fingerprint density at radius 1 is 1.00 bits per heavy atom. The maximum atomic E-state index is 3.57. The van der Waals surface area contributed by atoms with Gasteiger partial charge in [0.15, 0.2) is 0 Å². The molecule has 15 heavy (non-hydrogen) atoms. The van der Waals surface area contributed by atoms with Gasteiger partial charge in [-0.05, 0) is 38.1 Å². The van der Waals surface area contributed by atoms with Crippen LogP contribution in [-0.2, 0) is 0 Å². The maximum Gasteiger partial charge on any atom is 0.0342 e. The summed E-state index contributed by atoms with van der Waals surface area (Å²) in [6.45, 7) is 2.26. The Kier molecular flexibility index (Phi) is 3.80. The summed E-state index contributed by atoms with van der Waals surface area (Å²) in [5, 5.41) is 6.95. The molecule has 0 atom stereocenters. The first-order chi connectivity index (χ1) is 7.45. The fourth-order valence-electron chi connectivity index (χ4n) is 1.86. The first-order valence-corrected chi connectivity index (χ1v) is 5.64. The first kappa shape index (κ1) is 10.2. The summed E-state index contributed by atoms with van der Waals surface area (Å²) >= 11 is 0. The smallest absolute Gasteiger partial charge is 0.0342 e. The van der Waals surface area contributed by atoms with Gasteiger partial charge < -0.3 is 10.6 Å². The Bertz CT molecular complexity index is 304. The summed E-state index contributed by atoms with van der Waals surface area (Å²) in [5.74, 6) is 0. The Hall–Kier alpha value is -1.28. The lowest BCUT2D eigenvalue weighted by Gasteiger charge is -2.25. The molecule has 0 bridgehead atoms. The van der Waals surface area contributed by atoms with Crippen LogP contribution in [0.4, 0.5) is 0 Å². The summed E-state index contributed by atoms with van der Waals surface area (Å²) in [5.41, 5.74) is 1.21. The predicted octanol–water partition coefficient (Wildman–Crippen LogP) is 1.89. The van der Waals surface area contributed by atoms with Crippen LogP contribution in [0.1, 0.15) is 12.8 Å². The first-order valence-electron chi connectivity index (χ1n) is 5.64. The van der Waals surface area contributed by atoms with E-state index >= 15 is 0 Å². The molecule has 0 spiro atoms. The number of hydrogen-bond donors (Lipinski definition) is 2. The number of allylic oxidation sites excluding steroid dienone is 7. The molecule has 1 heterocycles. The van der Waals surface area contributed by atoms with Crippen molar-refractivity contribution in [3.05, 3.63) is 48.2 Å². The predicted molar refractivity (Wildman–Crippen MR) is 64.5 cm³/mol. The van der Waals surface area contributed by atoms with Crippen molar-refractivity contribution >= 4 is 0 Å². The lowest BCUT2D eigenvalue weighted by atomic mass is 10.1. The molecule has 2 nitrogen and oxygen atoms in total. The molecular formula is C13H18N2. The van der Waals surface area contributed by atoms with E-state index in [1.54, 1.807) is 0 Å². The van der Waals surface area contributed by atoms with Crippen molar-refractivity contribution in [2.24, 2.45) is 0 Å². The molecule has 0 amide bonds. The van der Waals surface area contributed by atoms with Crippen LogP contribution in [0.5, 0.6) is 0 Å². The topological polar surface area (TPSA) is 24.1 Å². The SMILES string of the molecule is C1=C/C=C\C(NC2CCNCC2)=C/C=C1. The van der Waals surface area contributed by atoms with Gasteiger partial charge in [-0.25, -0.2) is 0 Å². The van der Waals surface area contributed by atoms with Crippen molar-refractivity contribution in [3.8, 4) is 0 Å². The van der Waals surface area contributed by atoms with Gasteiger partial charge in [0.25, 0.3) is 0 Å². The van der Waals surface area contributed by atoms with Crippen molar-refractivity contribution in [1.29, 1.82) is 0 Å². The molecule has 0 aromatic carbocycles. The Balaban J connectivity index is 1.92. The zero-order chi connectivity index (χ0) is 10.3. The molecule has 1 aliphatic carbocycles. The highest BCUT2D eigenvalue weighted by Gasteiger charge is 2.12. The van der Waals surface area contributed by atoms with E-state index in [1.807, 2.05) is 18.2 Å². The van der Waals surface area contributed by atoms with Crippen LogP contribution in [0.25, 0.3) is 0 Å². The molecule has 2 aliphatic rings. The van der Waals surface area contributed by atoms with Gasteiger partial charge in [-0.3, -0.25) is 0 Å². The zero-order valence-electron chi connectivity index (χ0n) is 8.95. The Morgan fingerprint density at radius 2 is 1.73 bits per heavy atom. The van der Waals surface area contributed by atoms with Gasteiger partial charge in [0, 0.05) is 11.7 Å². The molecule has 2 rings (SSSR count). The third kappa shape index (κ3) is 3.40. The van der Waals surface area contributed by atoms with Crippen molar-refractivity contribution in [1.82, 2.24) is 10.6 Å². The van der Waals surface area contributed by atoms with Gasteiger partial charge in [-0.15, -0.1) is 0 Å². The van der Waals surface area contributed by atoms with Crippen LogP contribution < -0.4 is 10.6 Å². The average Bonchev–Trinajstić information content (AvgIpc) is 2.23. The standard InChI is InChI=1S/C13H18N2/c1-2-4-6-12(7-5-3-1)15-13-8-10-14-11-9-13/h1-7,13-15H,8-11H2/b2-1?,3-1?,4-2?,5-3?,6-4-,7-5?,12-6?,12-7+. The van der Waals surface area contributed by atoms with E-state index in [9.17, 15) is 0 Å². The molecule has 0 aromatic heterocycles. The van der Waals surface area contributed by atoms with Crippen LogP contribution in [0, 0.1) is 0 Å². The Morgan fingerprint density at radius 3 is 2.60 bits per heavy atom. The molecule has 0 aromatic rings. The van der Waals surface area contributed by atoms with Crippen molar-refractivity contribution in [2.45, 2.75) is 18.9 Å². The molecule has 0 radical (unpaired) electrons. The highest BCUT2D eigenvalue weighted by Crippen LogP contribution is 2.06. The molecule has 2 heteroatoms.